The molecule has 2 heteroatoms. The van der Waals surface area contributed by atoms with E-state index in [1.54, 1.807) is 0 Å². The summed E-state index contributed by atoms with van der Waals surface area (Å²) < 4.78 is 11.4. The molecule has 0 unspecified atom stereocenters. The van der Waals surface area contributed by atoms with Crippen LogP contribution in [0.4, 0.5) is 4.39 Å². The van der Waals surface area contributed by atoms with E-state index in [2.05, 4.69) is 6.92 Å². The maximum absolute atomic E-state index is 11.4. The first-order valence-corrected chi connectivity index (χ1v) is 2.04. The molecule has 0 nitrogen and oxygen atoms in total. The Labute approximate surface area is 41.6 Å². The average molecular weight is 108 g/mol. The highest BCUT2D eigenvalue weighted by Gasteiger charge is 1.74. The zero-order chi connectivity index (χ0) is 4.99. The molecule has 0 spiro atoms. The zero-order valence-electron chi connectivity index (χ0n) is 3.25. The van der Waals surface area contributed by atoms with Gasteiger partial charge in [0.05, 0.1) is 5.83 Å². The summed E-state index contributed by atoms with van der Waals surface area (Å²) in [6.07, 6.45) is 1.20. The van der Waals surface area contributed by atoms with Crippen molar-refractivity contribution in [1.29, 1.82) is 0 Å². The van der Waals surface area contributed by atoms with Crippen molar-refractivity contribution in [2.24, 2.45) is 0 Å². The largest absolute Gasteiger partial charge is 0.212 e. The molecule has 0 bridgehead atoms. The molecule has 0 rings (SSSR count). The lowest BCUT2D eigenvalue weighted by atomic mass is 10.5. The lowest BCUT2D eigenvalue weighted by molar-refractivity contribution is 0.663. The topological polar surface area (TPSA) is 0 Å². The van der Waals surface area contributed by atoms with Crippen molar-refractivity contribution < 1.29 is 4.39 Å². The Morgan fingerprint density at radius 1 is 2.00 bits per heavy atom. The summed E-state index contributed by atoms with van der Waals surface area (Å²) in [6, 6.07) is 0. The summed E-state index contributed by atoms with van der Waals surface area (Å²) in [4.78, 5) is 0. The van der Waals surface area contributed by atoms with E-state index in [1.165, 1.54) is 6.08 Å². The van der Waals surface area contributed by atoms with Gasteiger partial charge >= 0.3 is 0 Å². The molecule has 0 aromatic heterocycles. The molecule has 0 saturated carbocycles. The standard InChI is InChI=1S/C4H5ClF/c1-4(6)2-3-5/h2H,1,3H2. The molecule has 0 atom stereocenters. The summed E-state index contributed by atoms with van der Waals surface area (Å²) in [6.45, 7) is 2.94. The van der Waals surface area contributed by atoms with Crippen LogP contribution in [0.3, 0.4) is 0 Å². The van der Waals surface area contributed by atoms with Crippen LogP contribution < -0.4 is 0 Å². The van der Waals surface area contributed by atoms with E-state index in [1.807, 2.05) is 0 Å². The van der Waals surface area contributed by atoms with Crippen molar-refractivity contribution in [1.82, 2.24) is 0 Å². The predicted molar refractivity (Wildman–Crippen MR) is 25.3 cm³/mol. The summed E-state index contributed by atoms with van der Waals surface area (Å²) in [5.74, 6) is -0.264. The van der Waals surface area contributed by atoms with Crippen molar-refractivity contribution in [3.63, 3.8) is 0 Å². The third-order valence-corrected chi connectivity index (χ3v) is 0.453. The first-order chi connectivity index (χ1) is 2.77. The van der Waals surface area contributed by atoms with Crippen molar-refractivity contribution in [2.45, 2.75) is 0 Å². The second kappa shape index (κ2) is 3.16. The Morgan fingerprint density at radius 3 is 2.50 bits per heavy atom. The molecule has 0 aliphatic rings. The van der Waals surface area contributed by atoms with Crippen LogP contribution in [0.5, 0.6) is 0 Å². The van der Waals surface area contributed by atoms with Gasteiger partial charge in [-0.05, 0) is 6.08 Å². The first-order valence-electron chi connectivity index (χ1n) is 1.51. The third kappa shape index (κ3) is 3.96. The molecule has 0 fully saturated rings. The number of alkyl halides is 1. The van der Waals surface area contributed by atoms with Crippen molar-refractivity contribution in [3.8, 4) is 0 Å². The summed E-state index contributed by atoms with van der Waals surface area (Å²) in [5.41, 5.74) is 0. The van der Waals surface area contributed by atoms with Gasteiger partial charge in [0.1, 0.15) is 0 Å². The molecule has 0 aromatic rings. The minimum Gasteiger partial charge on any atom is -0.212 e. The molecule has 0 N–H and O–H groups in total. The lowest BCUT2D eigenvalue weighted by Gasteiger charge is -1.73. The van der Waals surface area contributed by atoms with E-state index in [4.69, 9.17) is 11.6 Å². The molecule has 0 aromatic carbocycles. The molecule has 1 radical (unpaired) electrons. The number of rotatable bonds is 1. The van der Waals surface area contributed by atoms with Crippen LogP contribution in [0.1, 0.15) is 0 Å². The molecule has 35 valence electrons. The third-order valence-electron chi connectivity index (χ3n) is 0.299. The highest BCUT2D eigenvalue weighted by molar-refractivity contribution is 6.18. The zero-order valence-corrected chi connectivity index (χ0v) is 4.00. The highest BCUT2D eigenvalue weighted by Crippen LogP contribution is 1.90. The Balaban J connectivity index is 3.14. The minimum absolute atomic E-state index is 0.204. The normalized spacial score (nSPS) is 12.2. The van der Waals surface area contributed by atoms with Gasteiger partial charge in [-0.1, -0.05) is 0 Å². The summed E-state index contributed by atoms with van der Waals surface area (Å²) in [5, 5.41) is 0. The minimum atomic E-state index is -0.468. The van der Waals surface area contributed by atoms with Crippen molar-refractivity contribution in [3.05, 3.63) is 18.8 Å². The van der Waals surface area contributed by atoms with Gasteiger partial charge in [-0.3, -0.25) is 0 Å². The van der Waals surface area contributed by atoms with Crippen LogP contribution in [0.15, 0.2) is 11.9 Å². The highest BCUT2D eigenvalue weighted by atomic mass is 35.5. The number of hydrogen-bond donors (Lipinski definition) is 0. The van der Waals surface area contributed by atoms with Crippen LogP contribution in [0.25, 0.3) is 0 Å². The second-order valence-electron chi connectivity index (χ2n) is 0.805. The fourth-order valence-electron chi connectivity index (χ4n) is 0.0837. The Bertz CT molecular complexity index is 54.6. The monoisotopic (exact) mass is 107 g/mol. The second-order valence-corrected chi connectivity index (χ2v) is 1.11. The smallest absolute Gasteiger partial charge is 0.0975 e. The fraction of sp³-hybridized carbons (Fsp3) is 0.250. The van der Waals surface area contributed by atoms with Gasteiger partial charge in [0.2, 0.25) is 0 Å². The SMILES string of the molecule is [CH2]C(F)=CCCl. The molecule has 0 heterocycles. The Hall–Kier alpha value is -0.0400. The molecule has 0 amide bonds. The fourth-order valence-corrected chi connectivity index (χ4v) is 0.251. The van der Waals surface area contributed by atoms with Crippen LogP contribution >= 0.6 is 11.6 Å². The van der Waals surface area contributed by atoms with Crippen LogP contribution in [-0.2, 0) is 0 Å². The number of halogens is 2. The molecular formula is C4H5ClF. The average Bonchev–Trinajstić information content (AvgIpc) is 1.35. The maximum atomic E-state index is 11.4. The molecule has 0 aliphatic carbocycles. The molecule has 0 saturated heterocycles. The van der Waals surface area contributed by atoms with Crippen LogP contribution in [-0.4, -0.2) is 5.88 Å². The summed E-state index contributed by atoms with van der Waals surface area (Å²) in [7, 11) is 0. The first kappa shape index (κ1) is 5.96. The number of hydrogen-bond acceptors (Lipinski definition) is 0. The van der Waals surface area contributed by atoms with Crippen molar-refractivity contribution >= 4 is 11.6 Å². The Morgan fingerprint density at radius 2 is 2.50 bits per heavy atom. The van der Waals surface area contributed by atoms with E-state index >= 15 is 0 Å². The van der Waals surface area contributed by atoms with Crippen molar-refractivity contribution in [2.75, 3.05) is 5.88 Å². The van der Waals surface area contributed by atoms with Gasteiger partial charge in [-0.25, -0.2) is 4.39 Å². The van der Waals surface area contributed by atoms with Gasteiger partial charge in [-0.2, -0.15) is 0 Å². The summed E-state index contributed by atoms with van der Waals surface area (Å²) >= 11 is 5.04. The number of allylic oxidation sites excluding steroid dienone is 2. The Kier molecular flexibility index (Phi) is 3.14. The van der Waals surface area contributed by atoms with E-state index in [0.29, 0.717) is 0 Å². The van der Waals surface area contributed by atoms with Gasteiger partial charge < -0.3 is 0 Å². The van der Waals surface area contributed by atoms with E-state index in [-0.39, 0.29) is 5.88 Å². The van der Waals surface area contributed by atoms with E-state index in [9.17, 15) is 4.39 Å². The lowest BCUT2D eigenvalue weighted by Crippen LogP contribution is -1.61. The van der Waals surface area contributed by atoms with E-state index in [0.717, 1.165) is 0 Å². The van der Waals surface area contributed by atoms with E-state index < -0.39 is 5.83 Å². The van der Waals surface area contributed by atoms with Gasteiger partial charge in [-0.15, -0.1) is 11.6 Å². The molecule has 6 heavy (non-hydrogen) atoms. The van der Waals surface area contributed by atoms with Gasteiger partial charge in [0.15, 0.2) is 0 Å². The van der Waals surface area contributed by atoms with Gasteiger partial charge in [0, 0.05) is 12.8 Å². The predicted octanol–water partition coefficient (Wildman–Crippen LogP) is 1.91. The van der Waals surface area contributed by atoms with Crippen LogP contribution in [0, 0.1) is 6.92 Å². The van der Waals surface area contributed by atoms with Gasteiger partial charge in [0.25, 0.3) is 0 Å². The quantitative estimate of drug-likeness (QED) is 0.449. The maximum Gasteiger partial charge on any atom is 0.0975 e. The molecule has 0 aliphatic heterocycles. The molecular weight excluding hydrogens is 102 g/mol. The van der Waals surface area contributed by atoms with Crippen LogP contribution in [0.2, 0.25) is 0 Å².